The maximum absolute atomic E-state index is 12.2. The highest BCUT2D eigenvalue weighted by Gasteiger charge is 2.10. The number of rotatable bonds is 6. The minimum Gasteiger partial charge on any atom is -0.352 e. The number of hydrogen-bond donors (Lipinski definition) is 2. The van der Waals surface area contributed by atoms with E-state index in [1.54, 1.807) is 42.5 Å². The van der Waals surface area contributed by atoms with Crippen molar-refractivity contribution >= 4 is 29.1 Å². The number of hydrogen-bond acceptors (Lipinski definition) is 2. The lowest BCUT2D eigenvalue weighted by Gasteiger charge is -2.13. The highest BCUT2D eigenvalue weighted by Crippen LogP contribution is 2.24. The lowest BCUT2D eigenvalue weighted by Crippen LogP contribution is -2.27. The van der Waals surface area contributed by atoms with Gasteiger partial charge in [0, 0.05) is 35.9 Å². The Morgan fingerprint density at radius 3 is 2.42 bits per heavy atom. The van der Waals surface area contributed by atoms with E-state index in [2.05, 4.69) is 10.6 Å². The summed E-state index contributed by atoms with van der Waals surface area (Å²) in [5.74, 6) is -0.382. The van der Waals surface area contributed by atoms with Crippen molar-refractivity contribution in [1.29, 1.82) is 0 Å². The van der Waals surface area contributed by atoms with Crippen LogP contribution in [-0.4, -0.2) is 22.9 Å². The predicted molar refractivity (Wildman–Crippen MR) is 103 cm³/mol. The second kappa shape index (κ2) is 8.36. The van der Waals surface area contributed by atoms with E-state index in [4.69, 9.17) is 11.6 Å². The van der Waals surface area contributed by atoms with Gasteiger partial charge in [-0.15, -0.1) is 0 Å². The summed E-state index contributed by atoms with van der Waals surface area (Å²) in [4.78, 5) is 24.2. The fraction of sp³-hybridized carbons (Fsp3) is 0.100. The molecule has 132 valence electrons. The number of halogens is 1. The van der Waals surface area contributed by atoms with Gasteiger partial charge in [-0.3, -0.25) is 9.59 Å². The van der Waals surface area contributed by atoms with Crippen LogP contribution in [0.1, 0.15) is 16.8 Å². The van der Waals surface area contributed by atoms with Crippen LogP contribution in [0.15, 0.2) is 73.1 Å². The molecular formula is C20H18ClN3O2. The fourth-order valence-electron chi connectivity index (χ4n) is 2.51. The first-order chi connectivity index (χ1) is 12.6. The van der Waals surface area contributed by atoms with Gasteiger partial charge in [0.05, 0.1) is 11.4 Å². The molecule has 26 heavy (non-hydrogen) atoms. The van der Waals surface area contributed by atoms with Gasteiger partial charge < -0.3 is 15.2 Å². The van der Waals surface area contributed by atoms with Gasteiger partial charge in [-0.2, -0.15) is 0 Å². The summed E-state index contributed by atoms with van der Waals surface area (Å²) in [5, 5.41) is 6.20. The van der Waals surface area contributed by atoms with Crippen molar-refractivity contribution in [2.45, 2.75) is 6.42 Å². The average Bonchev–Trinajstić information content (AvgIpc) is 3.18. The van der Waals surface area contributed by atoms with Crippen molar-refractivity contribution < 1.29 is 9.59 Å². The van der Waals surface area contributed by atoms with Crippen LogP contribution in [0.2, 0.25) is 5.02 Å². The number of carbonyl (C=O) groups is 2. The van der Waals surface area contributed by atoms with Crippen molar-refractivity contribution in [2.75, 3.05) is 11.9 Å². The van der Waals surface area contributed by atoms with Crippen LogP contribution in [0.25, 0.3) is 5.69 Å². The summed E-state index contributed by atoms with van der Waals surface area (Å²) < 4.78 is 1.87. The van der Waals surface area contributed by atoms with Crippen molar-refractivity contribution in [3.05, 3.63) is 83.6 Å². The standard InChI is InChI=1S/C20H18ClN3O2/c21-16-8-9-17(18(14-16)24-12-4-5-13-24)23-19(25)10-11-22-20(26)15-6-2-1-3-7-15/h1-9,12-14H,10-11H2,(H,22,26)(H,23,25). The number of anilines is 1. The number of carbonyl (C=O) groups excluding carboxylic acids is 2. The first-order valence-electron chi connectivity index (χ1n) is 8.19. The van der Waals surface area contributed by atoms with Gasteiger partial charge >= 0.3 is 0 Å². The molecule has 0 fully saturated rings. The quantitative estimate of drug-likeness (QED) is 0.694. The summed E-state index contributed by atoms with van der Waals surface area (Å²) in [5.41, 5.74) is 2.01. The van der Waals surface area contributed by atoms with E-state index in [1.807, 2.05) is 35.2 Å². The van der Waals surface area contributed by atoms with Crippen LogP contribution in [0.5, 0.6) is 0 Å². The molecule has 6 heteroatoms. The molecular weight excluding hydrogens is 350 g/mol. The van der Waals surface area contributed by atoms with E-state index in [9.17, 15) is 9.59 Å². The molecule has 0 aliphatic heterocycles. The maximum Gasteiger partial charge on any atom is 0.251 e. The second-order valence-corrected chi connectivity index (χ2v) is 6.11. The third-order valence-electron chi connectivity index (χ3n) is 3.79. The van der Waals surface area contributed by atoms with E-state index in [1.165, 1.54) is 0 Å². The molecule has 0 aliphatic carbocycles. The van der Waals surface area contributed by atoms with E-state index < -0.39 is 0 Å². The Labute approximate surface area is 156 Å². The van der Waals surface area contributed by atoms with Gasteiger partial charge in [-0.1, -0.05) is 29.8 Å². The molecule has 3 aromatic rings. The Balaban J connectivity index is 1.58. The number of nitrogens with one attached hydrogen (secondary N) is 2. The third kappa shape index (κ3) is 4.52. The molecule has 0 aliphatic rings. The SMILES string of the molecule is O=C(CCNC(=O)c1ccccc1)Nc1ccc(Cl)cc1-n1cccc1. The van der Waals surface area contributed by atoms with Crippen molar-refractivity contribution in [2.24, 2.45) is 0 Å². The third-order valence-corrected chi connectivity index (χ3v) is 4.03. The molecule has 0 saturated heterocycles. The molecule has 0 atom stereocenters. The summed E-state index contributed by atoms with van der Waals surface area (Å²) in [7, 11) is 0. The van der Waals surface area contributed by atoms with Crippen LogP contribution in [0, 0.1) is 0 Å². The molecule has 2 aromatic carbocycles. The highest BCUT2D eigenvalue weighted by molar-refractivity contribution is 6.30. The number of aromatic nitrogens is 1. The van der Waals surface area contributed by atoms with Gasteiger partial charge in [-0.25, -0.2) is 0 Å². The largest absolute Gasteiger partial charge is 0.352 e. The normalized spacial score (nSPS) is 10.3. The second-order valence-electron chi connectivity index (χ2n) is 5.67. The van der Waals surface area contributed by atoms with Crippen molar-refractivity contribution in [3.63, 3.8) is 0 Å². The molecule has 5 nitrogen and oxygen atoms in total. The summed E-state index contributed by atoms with van der Waals surface area (Å²) >= 11 is 6.07. The minimum absolute atomic E-state index is 0.173. The fourth-order valence-corrected chi connectivity index (χ4v) is 2.68. The molecule has 2 amide bonds. The Morgan fingerprint density at radius 1 is 0.962 bits per heavy atom. The lowest BCUT2D eigenvalue weighted by atomic mass is 10.2. The van der Waals surface area contributed by atoms with Crippen LogP contribution in [0.4, 0.5) is 5.69 Å². The van der Waals surface area contributed by atoms with Crippen LogP contribution >= 0.6 is 11.6 Å². The number of nitrogens with zero attached hydrogens (tertiary/aromatic N) is 1. The van der Waals surface area contributed by atoms with Gasteiger partial charge in [0.15, 0.2) is 0 Å². The molecule has 1 heterocycles. The van der Waals surface area contributed by atoms with Crippen molar-refractivity contribution in [1.82, 2.24) is 9.88 Å². The van der Waals surface area contributed by atoms with Crippen LogP contribution < -0.4 is 10.6 Å². The Morgan fingerprint density at radius 2 is 1.69 bits per heavy atom. The molecule has 0 saturated carbocycles. The van der Waals surface area contributed by atoms with E-state index in [-0.39, 0.29) is 24.8 Å². The highest BCUT2D eigenvalue weighted by atomic mass is 35.5. The van der Waals surface area contributed by atoms with E-state index in [0.29, 0.717) is 16.3 Å². The zero-order valence-corrected chi connectivity index (χ0v) is 14.7. The minimum atomic E-state index is -0.196. The molecule has 0 spiro atoms. The van der Waals surface area contributed by atoms with Crippen molar-refractivity contribution in [3.8, 4) is 5.69 Å². The summed E-state index contributed by atoms with van der Waals surface area (Å²) in [6.07, 6.45) is 3.93. The monoisotopic (exact) mass is 367 g/mol. The topological polar surface area (TPSA) is 63.1 Å². The molecule has 2 N–H and O–H groups in total. The number of benzene rings is 2. The number of amides is 2. The predicted octanol–water partition coefficient (Wildman–Crippen LogP) is 3.89. The van der Waals surface area contributed by atoms with Gasteiger partial charge in [0.25, 0.3) is 5.91 Å². The lowest BCUT2D eigenvalue weighted by molar-refractivity contribution is -0.116. The van der Waals surface area contributed by atoms with E-state index >= 15 is 0 Å². The van der Waals surface area contributed by atoms with Gasteiger partial charge in [-0.05, 0) is 42.5 Å². The first-order valence-corrected chi connectivity index (χ1v) is 8.57. The molecule has 3 rings (SSSR count). The maximum atomic E-state index is 12.2. The average molecular weight is 368 g/mol. The molecule has 0 unspecified atom stereocenters. The zero-order valence-electron chi connectivity index (χ0n) is 14.0. The smallest absolute Gasteiger partial charge is 0.251 e. The summed E-state index contributed by atoms with van der Waals surface area (Å²) in [6, 6.07) is 18.0. The zero-order chi connectivity index (χ0) is 18.4. The van der Waals surface area contributed by atoms with E-state index in [0.717, 1.165) is 5.69 Å². The Bertz CT molecular complexity index is 893. The Hall–Kier alpha value is -3.05. The molecule has 1 aromatic heterocycles. The van der Waals surface area contributed by atoms with Crippen LogP contribution in [0.3, 0.4) is 0 Å². The summed E-state index contributed by atoms with van der Waals surface area (Å²) in [6.45, 7) is 0.256. The Kier molecular flexibility index (Phi) is 5.71. The van der Waals surface area contributed by atoms with Gasteiger partial charge in [0.1, 0.15) is 0 Å². The van der Waals surface area contributed by atoms with Crippen LogP contribution in [-0.2, 0) is 4.79 Å². The molecule has 0 bridgehead atoms. The first kappa shape index (κ1) is 17.8. The molecule has 0 radical (unpaired) electrons. The van der Waals surface area contributed by atoms with Gasteiger partial charge in [0.2, 0.25) is 5.91 Å².